The molecule has 20 aromatic rings. The molecule has 0 saturated heterocycles. The van der Waals surface area contributed by atoms with E-state index in [1.165, 1.54) is 104 Å². The topological polar surface area (TPSA) is 32.8 Å². The fourth-order valence-corrected chi connectivity index (χ4v) is 18.6. The second kappa shape index (κ2) is 19.7. The summed E-state index contributed by atoms with van der Waals surface area (Å²) in [6.45, 7) is 0. The van der Waals surface area contributed by atoms with Crippen LogP contribution in [0.3, 0.4) is 0 Å². The van der Waals surface area contributed by atoms with Gasteiger partial charge >= 0.3 is 0 Å². The number of anilines is 6. The molecular formula is C84H48N2O2S3. The van der Waals surface area contributed by atoms with Crippen molar-refractivity contribution in [1.29, 1.82) is 0 Å². The van der Waals surface area contributed by atoms with Gasteiger partial charge in [0.05, 0.1) is 11.4 Å². The maximum atomic E-state index is 7.16. The van der Waals surface area contributed by atoms with Crippen molar-refractivity contribution in [2.24, 2.45) is 0 Å². The van der Waals surface area contributed by atoms with Crippen LogP contribution < -0.4 is 9.80 Å². The Kier molecular flexibility index (Phi) is 11.0. The summed E-state index contributed by atoms with van der Waals surface area (Å²) >= 11 is 5.59. The Labute approximate surface area is 533 Å². The quantitative estimate of drug-likeness (QED) is 0.152. The molecule has 0 atom stereocenters. The lowest BCUT2D eigenvalue weighted by Gasteiger charge is -2.26. The Hall–Kier alpha value is -11.1. The summed E-state index contributed by atoms with van der Waals surface area (Å²) < 4.78 is 21.8. The van der Waals surface area contributed by atoms with Crippen LogP contribution in [0.1, 0.15) is 0 Å². The first-order chi connectivity index (χ1) is 45.1. The molecule has 0 aliphatic heterocycles. The molecule has 7 heteroatoms. The summed E-state index contributed by atoms with van der Waals surface area (Å²) in [5, 5.41) is 19.5. The van der Waals surface area contributed by atoms with Gasteiger partial charge in [0, 0.05) is 110 Å². The van der Waals surface area contributed by atoms with Gasteiger partial charge in [-0.15, -0.1) is 34.0 Å². The number of nitrogens with zero attached hydrogens (tertiary/aromatic N) is 2. The highest BCUT2D eigenvalue weighted by molar-refractivity contribution is 7.28. The fraction of sp³-hybridized carbons (Fsp3) is 0. The molecule has 0 radical (unpaired) electrons. The maximum Gasteiger partial charge on any atom is 0.159 e. The van der Waals surface area contributed by atoms with Crippen molar-refractivity contribution in [1.82, 2.24) is 0 Å². The van der Waals surface area contributed by atoms with Gasteiger partial charge in [0.1, 0.15) is 11.2 Å². The second-order valence-electron chi connectivity index (χ2n) is 23.8. The molecular weight excluding hydrogens is 1170 g/mol. The van der Waals surface area contributed by atoms with E-state index in [4.69, 9.17) is 8.83 Å². The summed E-state index contributed by atoms with van der Waals surface area (Å²) in [6.07, 6.45) is 0. The molecule has 424 valence electrons. The minimum Gasteiger partial charge on any atom is -0.454 e. The van der Waals surface area contributed by atoms with Gasteiger partial charge in [-0.25, -0.2) is 0 Å². The molecule has 15 aromatic carbocycles. The van der Waals surface area contributed by atoms with Crippen LogP contribution in [0.15, 0.2) is 300 Å². The first-order valence-electron chi connectivity index (χ1n) is 30.8. The van der Waals surface area contributed by atoms with Crippen LogP contribution >= 0.6 is 34.0 Å². The van der Waals surface area contributed by atoms with Crippen LogP contribution in [0.4, 0.5) is 34.1 Å². The minimum absolute atomic E-state index is 0.849. The number of rotatable bonds is 8. The molecule has 0 fully saturated rings. The first-order valence-corrected chi connectivity index (χ1v) is 33.2. The van der Waals surface area contributed by atoms with Gasteiger partial charge in [0.15, 0.2) is 11.2 Å². The number of benzene rings is 15. The van der Waals surface area contributed by atoms with E-state index in [0.717, 1.165) is 89.1 Å². The number of thiophene rings is 3. The van der Waals surface area contributed by atoms with Crippen molar-refractivity contribution in [3.05, 3.63) is 291 Å². The summed E-state index contributed by atoms with van der Waals surface area (Å²) in [4.78, 5) is 4.74. The van der Waals surface area contributed by atoms with Crippen molar-refractivity contribution in [2.45, 2.75) is 0 Å². The molecule has 0 amide bonds. The van der Waals surface area contributed by atoms with E-state index in [2.05, 4.69) is 301 Å². The predicted octanol–water partition coefficient (Wildman–Crippen LogP) is 26.3. The molecule has 5 aromatic heterocycles. The SMILES string of the molecule is c1ccc(N(c2ccc3c(c2)sc2ccccc23)c2cccc3c2oc2ccc4c5ccc6c(-c7cccc(N(c8ccc(-c9cccc%10ccccc9%10)cc8)c8cccc9c8oc8ccc%10c%11ccc%12ccccc%12c%11sc%10c89)c7)cccc6c5sc4c23)cc1. The van der Waals surface area contributed by atoms with Crippen LogP contribution in [0.5, 0.6) is 0 Å². The van der Waals surface area contributed by atoms with Gasteiger partial charge < -0.3 is 18.6 Å². The minimum atomic E-state index is 0.849. The van der Waals surface area contributed by atoms with Crippen LogP contribution in [0.25, 0.3) is 159 Å². The molecule has 4 nitrogen and oxygen atoms in total. The monoisotopic (exact) mass is 1210 g/mol. The molecule has 0 bridgehead atoms. The number of fused-ring (bicyclic) bond motifs is 22. The van der Waals surface area contributed by atoms with Crippen molar-refractivity contribution in [3.8, 4) is 22.3 Å². The van der Waals surface area contributed by atoms with Crippen LogP contribution in [-0.4, -0.2) is 0 Å². The first kappa shape index (κ1) is 50.9. The summed E-state index contributed by atoms with van der Waals surface area (Å²) in [5.41, 5.74) is 14.3. The smallest absolute Gasteiger partial charge is 0.159 e. The number of hydrogen-bond acceptors (Lipinski definition) is 7. The van der Waals surface area contributed by atoms with Crippen molar-refractivity contribution < 1.29 is 8.83 Å². The summed E-state index contributed by atoms with van der Waals surface area (Å²) in [7, 11) is 0. The van der Waals surface area contributed by atoms with E-state index >= 15 is 0 Å². The summed E-state index contributed by atoms with van der Waals surface area (Å²) in [6, 6.07) is 107. The molecule has 91 heavy (non-hydrogen) atoms. The van der Waals surface area contributed by atoms with Crippen LogP contribution in [-0.2, 0) is 0 Å². The predicted molar refractivity (Wildman–Crippen MR) is 392 cm³/mol. The van der Waals surface area contributed by atoms with Crippen LogP contribution in [0.2, 0.25) is 0 Å². The zero-order chi connectivity index (χ0) is 59.4. The molecule has 20 rings (SSSR count). The van der Waals surface area contributed by atoms with Crippen LogP contribution in [0, 0.1) is 0 Å². The lowest BCUT2D eigenvalue weighted by Crippen LogP contribution is -2.10. The molecule has 0 N–H and O–H groups in total. The van der Waals surface area contributed by atoms with E-state index in [0.29, 0.717) is 0 Å². The number of hydrogen-bond donors (Lipinski definition) is 0. The fourth-order valence-electron chi connectivity index (χ4n) is 14.7. The molecule has 5 heterocycles. The van der Waals surface area contributed by atoms with E-state index in [1.807, 2.05) is 34.0 Å². The third kappa shape index (κ3) is 7.66. The van der Waals surface area contributed by atoms with E-state index in [1.54, 1.807) is 0 Å². The Morgan fingerprint density at radius 1 is 0.242 bits per heavy atom. The average molecular weight is 1210 g/mol. The number of para-hydroxylation sites is 3. The Morgan fingerprint density at radius 3 is 1.42 bits per heavy atom. The Balaban J connectivity index is 0.734. The average Bonchev–Trinajstić information content (AvgIpc) is 1.61. The van der Waals surface area contributed by atoms with Crippen molar-refractivity contribution in [2.75, 3.05) is 9.80 Å². The molecule has 0 spiro atoms. The maximum absolute atomic E-state index is 7.16. The van der Waals surface area contributed by atoms with E-state index < -0.39 is 0 Å². The van der Waals surface area contributed by atoms with Gasteiger partial charge in [0.25, 0.3) is 0 Å². The molecule has 0 saturated carbocycles. The highest BCUT2D eigenvalue weighted by atomic mass is 32.1. The number of furan rings is 2. The lowest BCUT2D eigenvalue weighted by atomic mass is 9.96. The van der Waals surface area contributed by atoms with Gasteiger partial charge in [-0.1, -0.05) is 200 Å². The van der Waals surface area contributed by atoms with Crippen molar-refractivity contribution in [3.63, 3.8) is 0 Å². The summed E-state index contributed by atoms with van der Waals surface area (Å²) in [5.74, 6) is 0. The second-order valence-corrected chi connectivity index (χ2v) is 26.9. The molecule has 0 aliphatic carbocycles. The highest BCUT2D eigenvalue weighted by Crippen LogP contribution is 2.52. The van der Waals surface area contributed by atoms with Crippen molar-refractivity contribution >= 4 is 205 Å². The highest BCUT2D eigenvalue weighted by Gasteiger charge is 2.26. The zero-order valence-electron chi connectivity index (χ0n) is 48.6. The van der Waals surface area contributed by atoms with Gasteiger partial charge in [-0.2, -0.15) is 0 Å². The molecule has 0 aliphatic rings. The largest absolute Gasteiger partial charge is 0.454 e. The van der Waals surface area contributed by atoms with Gasteiger partial charge in [-0.3, -0.25) is 0 Å². The van der Waals surface area contributed by atoms with E-state index in [9.17, 15) is 0 Å². The normalized spacial score (nSPS) is 12.2. The van der Waals surface area contributed by atoms with Gasteiger partial charge in [0.2, 0.25) is 0 Å². The third-order valence-electron chi connectivity index (χ3n) is 18.8. The lowest BCUT2D eigenvalue weighted by molar-refractivity contribution is 0.669. The van der Waals surface area contributed by atoms with Gasteiger partial charge in [-0.05, 0) is 140 Å². The standard InChI is InChI=1S/C84H48N2O2S3/c1-2-19-53(20-3-1)85(56-38-40-63-62-24-8-9-32-75(62)89-76(63)48-56)71-30-13-28-70-78-74(87-79(70)71)46-44-68-66-42-41-61-59(26-12-27-64(61)82(66)91-84(68)78)52-18-10-21-55(47-52)86(54-36-33-51(34-37-54)58-25-11-17-49-15-4-6-22-57(49)58)72-31-14-29-69-77-73(88-80(69)72)45-43-67-65-39-35-50-16-5-7-23-60(50)81(65)90-83(67)77/h1-48H. The third-order valence-corrected chi connectivity index (χ3v) is 22.5. The molecule has 0 unspecified atom stereocenters. The zero-order valence-corrected chi connectivity index (χ0v) is 51.1. The Morgan fingerprint density at radius 2 is 0.692 bits per heavy atom. The Bertz CT molecular complexity index is 6420. The van der Waals surface area contributed by atoms with E-state index in [-0.39, 0.29) is 0 Å².